The molecule has 0 spiro atoms. The average molecular weight is 912 g/mol. The third kappa shape index (κ3) is 49.8. The minimum absolute atomic E-state index is 0.0563. The van der Waals surface area contributed by atoms with E-state index in [2.05, 4.69) is 38.2 Å². The van der Waals surface area contributed by atoms with Crippen molar-refractivity contribution < 1.29 is 37.6 Å². The number of phosphoric ester groups is 1. The molecule has 2 unspecified atom stereocenters. The zero-order chi connectivity index (χ0) is 46.0. The molecule has 0 bridgehead atoms. The van der Waals surface area contributed by atoms with Crippen LogP contribution in [-0.2, 0) is 32.7 Å². The van der Waals surface area contributed by atoms with Gasteiger partial charge in [-0.3, -0.25) is 18.6 Å². The molecule has 372 valence electrons. The maximum Gasteiger partial charge on any atom is 0.472 e. The minimum Gasteiger partial charge on any atom is -0.462 e. The van der Waals surface area contributed by atoms with E-state index in [-0.39, 0.29) is 38.6 Å². The van der Waals surface area contributed by atoms with E-state index in [9.17, 15) is 19.0 Å². The molecule has 10 heteroatoms. The number of rotatable bonds is 51. The fourth-order valence-electron chi connectivity index (χ4n) is 7.84. The molecule has 2 atom stereocenters. The second-order valence-electron chi connectivity index (χ2n) is 18.1. The Hall–Kier alpha value is -1.51. The number of unbranched alkanes of at least 4 members (excludes halogenated alkanes) is 34. The molecule has 0 heterocycles. The summed E-state index contributed by atoms with van der Waals surface area (Å²) >= 11 is 0. The summed E-state index contributed by atoms with van der Waals surface area (Å²) in [6.45, 7) is 3.77. The molecule has 0 saturated heterocycles. The van der Waals surface area contributed by atoms with Crippen molar-refractivity contribution in [2.45, 2.75) is 277 Å². The maximum atomic E-state index is 12.7. The molecule has 0 radical (unpaired) electrons. The molecule has 0 amide bonds. The molecule has 0 fully saturated rings. The molecule has 0 aromatic heterocycles. The Morgan fingerprint density at radius 2 is 0.825 bits per heavy atom. The van der Waals surface area contributed by atoms with Crippen LogP contribution < -0.4 is 5.73 Å². The Morgan fingerprint density at radius 3 is 1.21 bits per heavy atom. The first kappa shape index (κ1) is 61.5. The lowest BCUT2D eigenvalue weighted by molar-refractivity contribution is -0.161. The van der Waals surface area contributed by atoms with Crippen molar-refractivity contribution >= 4 is 19.8 Å². The molecule has 63 heavy (non-hydrogen) atoms. The molecule has 0 aromatic rings. The van der Waals surface area contributed by atoms with Crippen LogP contribution in [0.15, 0.2) is 24.3 Å². The van der Waals surface area contributed by atoms with Gasteiger partial charge >= 0.3 is 19.8 Å². The fourth-order valence-corrected chi connectivity index (χ4v) is 8.61. The van der Waals surface area contributed by atoms with Gasteiger partial charge in [-0.25, -0.2) is 4.57 Å². The van der Waals surface area contributed by atoms with E-state index in [4.69, 9.17) is 24.3 Å². The SMILES string of the molecule is CCCCCCC/C=C\C/C=C\CCCCCCCCCCCCCCCCCCCC(=O)OC(COC(=O)CCCCCCCCCCCCCCC)COP(=O)(O)OCCN. The van der Waals surface area contributed by atoms with Crippen LogP contribution in [-0.4, -0.2) is 49.3 Å². The standard InChI is InChI=1S/C53H102NO8P/c1-3-5-7-9-11-13-15-17-18-19-20-21-22-23-24-25-26-27-28-29-30-31-32-34-36-38-40-42-44-46-53(56)62-51(50-61-63(57,58)60-48-47-54)49-59-52(55)45-43-41-39-37-35-33-16-14-12-10-8-6-4-2/h15,17,19-20,51H,3-14,16,18,21-50,54H2,1-2H3,(H,57,58)/b17-15-,20-19-. The minimum atomic E-state index is -4.38. The van der Waals surface area contributed by atoms with Crippen LogP contribution in [0, 0.1) is 0 Å². The predicted molar refractivity (Wildman–Crippen MR) is 266 cm³/mol. The molecule has 3 N–H and O–H groups in total. The Bertz CT molecular complexity index is 1090. The van der Waals surface area contributed by atoms with Gasteiger partial charge < -0.3 is 20.1 Å². The summed E-state index contributed by atoms with van der Waals surface area (Å²) in [7, 11) is -4.38. The molecule has 0 aliphatic carbocycles. The van der Waals surface area contributed by atoms with Crippen LogP contribution in [0.2, 0.25) is 0 Å². The van der Waals surface area contributed by atoms with Crippen molar-refractivity contribution in [2.24, 2.45) is 5.73 Å². The van der Waals surface area contributed by atoms with Gasteiger partial charge in [0.1, 0.15) is 6.61 Å². The van der Waals surface area contributed by atoms with Gasteiger partial charge in [0, 0.05) is 19.4 Å². The van der Waals surface area contributed by atoms with Crippen LogP contribution in [0.5, 0.6) is 0 Å². The first-order valence-electron chi connectivity index (χ1n) is 26.8. The van der Waals surface area contributed by atoms with Crippen LogP contribution >= 0.6 is 7.82 Å². The van der Waals surface area contributed by atoms with E-state index in [1.54, 1.807) is 0 Å². The normalized spacial score (nSPS) is 13.3. The molecular formula is C53H102NO8P. The van der Waals surface area contributed by atoms with Crippen molar-refractivity contribution in [3.8, 4) is 0 Å². The Morgan fingerprint density at radius 1 is 0.476 bits per heavy atom. The van der Waals surface area contributed by atoms with E-state index in [0.717, 1.165) is 38.5 Å². The number of nitrogens with two attached hydrogens (primary N) is 1. The highest BCUT2D eigenvalue weighted by molar-refractivity contribution is 7.47. The Labute approximate surface area is 389 Å². The van der Waals surface area contributed by atoms with E-state index < -0.39 is 26.5 Å². The number of carbonyl (C=O) groups is 2. The fraction of sp³-hybridized carbons (Fsp3) is 0.887. The lowest BCUT2D eigenvalue weighted by Crippen LogP contribution is -2.29. The lowest BCUT2D eigenvalue weighted by Gasteiger charge is -2.19. The van der Waals surface area contributed by atoms with E-state index >= 15 is 0 Å². The summed E-state index contributed by atoms with van der Waals surface area (Å²) in [4.78, 5) is 35.0. The largest absolute Gasteiger partial charge is 0.472 e. The Balaban J connectivity index is 3.89. The topological polar surface area (TPSA) is 134 Å². The maximum absolute atomic E-state index is 12.7. The van der Waals surface area contributed by atoms with Gasteiger partial charge in [0.25, 0.3) is 0 Å². The highest BCUT2D eigenvalue weighted by Gasteiger charge is 2.26. The number of esters is 2. The smallest absolute Gasteiger partial charge is 0.462 e. The van der Waals surface area contributed by atoms with Gasteiger partial charge in [-0.2, -0.15) is 0 Å². The molecule has 0 rings (SSSR count). The van der Waals surface area contributed by atoms with E-state index in [0.29, 0.717) is 6.42 Å². The molecule has 0 aliphatic heterocycles. The van der Waals surface area contributed by atoms with Gasteiger partial charge in [0.2, 0.25) is 0 Å². The summed E-state index contributed by atoms with van der Waals surface area (Å²) in [6, 6.07) is 0. The van der Waals surface area contributed by atoms with Gasteiger partial charge in [0.15, 0.2) is 6.10 Å². The van der Waals surface area contributed by atoms with Crippen LogP contribution in [0.25, 0.3) is 0 Å². The van der Waals surface area contributed by atoms with Crippen LogP contribution in [0.3, 0.4) is 0 Å². The van der Waals surface area contributed by atoms with Crippen molar-refractivity contribution in [1.82, 2.24) is 0 Å². The first-order chi connectivity index (χ1) is 30.8. The number of carbonyl (C=O) groups excluding carboxylic acids is 2. The molecule has 0 aliphatic rings. The van der Waals surface area contributed by atoms with Gasteiger partial charge in [0.05, 0.1) is 13.2 Å². The highest BCUT2D eigenvalue weighted by atomic mass is 31.2. The molecular weight excluding hydrogens is 810 g/mol. The second-order valence-corrected chi connectivity index (χ2v) is 19.6. The molecule has 9 nitrogen and oxygen atoms in total. The number of hydrogen-bond acceptors (Lipinski definition) is 8. The summed E-state index contributed by atoms with van der Waals surface area (Å²) in [5.41, 5.74) is 5.37. The number of allylic oxidation sites excluding steroid dienone is 4. The number of hydrogen-bond donors (Lipinski definition) is 2. The predicted octanol–water partition coefficient (Wildman–Crippen LogP) is 16.3. The van der Waals surface area contributed by atoms with Crippen molar-refractivity contribution in [3.63, 3.8) is 0 Å². The second kappa shape index (κ2) is 49.9. The lowest BCUT2D eigenvalue weighted by atomic mass is 10.0. The van der Waals surface area contributed by atoms with Gasteiger partial charge in [-0.15, -0.1) is 0 Å². The zero-order valence-electron chi connectivity index (χ0n) is 41.3. The molecule has 0 saturated carbocycles. The molecule has 0 aromatic carbocycles. The van der Waals surface area contributed by atoms with Crippen LogP contribution in [0.4, 0.5) is 0 Å². The van der Waals surface area contributed by atoms with Crippen molar-refractivity contribution in [2.75, 3.05) is 26.4 Å². The summed E-state index contributed by atoms with van der Waals surface area (Å²) in [6.07, 6.45) is 56.6. The van der Waals surface area contributed by atoms with Gasteiger partial charge in [-0.05, 0) is 44.9 Å². The monoisotopic (exact) mass is 912 g/mol. The van der Waals surface area contributed by atoms with E-state index in [1.165, 1.54) is 199 Å². The quantitative estimate of drug-likeness (QED) is 0.0265. The van der Waals surface area contributed by atoms with Gasteiger partial charge in [-0.1, -0.05) is 237 Å². The first-order valence-corrected chi connectivity index (χ1v) is 28.3. The summed E-state index contributed by atoms with van der Waals surface area (Å²) < 4.78 is 32.9. The highest BCUT2D eigenvalue weighted by Crippen LogP contribution is 2.43. The summed E-state index contributed by atoms with van der Waals surface area (Å²) in [5, 5.41) is 0. The number of phosphoric acid groups is 1. The third-order valence-electron chi connectivity index (χ3n) is 11.8. The zero-order valence-corrected chi connectivity index (χ0v) is 42.2. The van der Waals surface area contributed by atoms with E-state index in [1.807, 2.05) is 0 Å². The van der Waals surface area contributed by atoms with Crippen LogP contribution in [0.1, 0.15) is 271 Å². The Kier molecular flexibility index (Phi) is 48.7. The van der Waals surface area contributed by atoms with Crippen molar-refractivity contribution in [1.29, 1.82) is 0 Å². The number of ether oxygens (including phenoxy) is 2. The third-order valence-corrected chi connectivity index (χ3v) is 12.8. The average Bonchev–Trinajstić information content (AvgIpc) is 3.27. The summed E-state index contributed by atoms with van der Waals surface area (Å²) in [5.74, 6) is -0.813. The van der Waals surface area contributed by atoms with Crippen molar-refractivity contribution in [3.05, 3.63) is 24.3 Å².